The van der Waals surface area contributed by atoms with E-state index < -0.39 is 5.97 Å². The van der Waals surface area contributed by atoms with Gasteiger partial charge in [-0.1, -0.05) is 36.4 Å². The van der Waals surface area contributed by atoms with E-state index in [-0.39, 0.29) is 18.9 Å². The molecule has 2 aromatic heterocycles. The van der Waals surface area contributed by atoms with Crippen LogP contribution in [0, 0.1) is 0 Å². The average Bonchev–Trinajstić information content (AvgIpc) is 3.16. The van der Waals surface area contributed by atoms with E-state index >= 15 is 0 Å². The molecule has 0 atom stereocenters. The summed E-state index contributed by atoms with van der Waals surface area (Å²) in [5.74, 6) is -0.728. The Balaban J connectivity index is 1.47. The largest absolute Gasteiger partial charge is 0.455 e. The second-order valence-electron chi connectivity index (χ2n) is 5.93. The first-order valence-electron chi connectivity index (χ1n) is 8.41. The lowest BCUT2D eigenvalue weighted by molar-refractivity contribution is -0.151. The lowest BCUT2D eigenvalue weighted by atomic mass is 10.2. The summed E-state index contributed by atoms with van der Waals surface area (Å²) in [5, 5.41) is 2.55. The van der Waals surface area contributed by atoms with Crippen LogP contribution < -0.4 is 0 Å². The highest BCUT2D eigenvalue weighted by molar-refractivity contribution is 7.13. The minimum atomic E-state index is -0.477. The molecular weight excluding hydrogens is 362 g/mol. The minimum absolute atomic E-state index is 0.0268. The monoisotopic (exact) mass is 381 g/mol. The summed E-state index contributed by atoms with van der Waals surface area (Å²) < 4.78 is 5.10. The molecule has 2 heterocycles. The maximum absolute atomic E-state index is 12.1. The number of pyridine rings is 1. The molecule has 1 amide bonds. The van der Waals surface area contributed by atoms with Crippen LogP contribution in [0.4, 0.5) is 0 Å². The summed E-state index contributed by atoms with van der Waals surface area (Å²) >= 11 is 1.42. The third-order valence-electron chi connectivity index (χ3n) is 3.81. The fourth-order valence-corrected chi connectivity index (χ4v) is 3.19. The van der Waals surface area contributed by atoms with Crippen LogP contribution in [0.5, 0.6) is 0 Å². The third kappa shape index (κ3) is 5.46. The molecule has 0 N–H and O–H groups in total. The molecule has 1 aromatic carbocycles. The second kappa shape index (κ2) is 9.05. The van der Waals surface area contributed by atoms with Gasteiger partial charge in [0.05, 0.1) is 17.8 Å². The predicted molar refractivity (Wildman–Crippen MR) is 103 cm³/mol. The van der Waals surface area contributed by atoms with Crippen LogP contribution in [0.25, 0.3) is 10.7 Å². The molecule has 3 aromatic rings. The van der Waals surface area contributed by atoms with Gasteiger partial charge in [0.15, 0.2) is 6.61 Å². The highest BCUT2D eigenvalue weighted by Gasteiger charge is 2.14. The van der Waals surface area contributed by atoms with E-state index in [1.165, 1.54) is 16.2 Å². The Morgan fingerprint density at radius 1 is 1.11 bits per heavy atom. The predicted octanol–water partition coefficient (Wildman–Crippen LogP) is 2.95. The van der Waals surface area contributed by atoms with Crippen LogP contribution >= 0.6 is 11.3 Å². The Bertz CT molecular complexity index is 897. The van der Waals surface area contributed by atoms with Crippen molar-refractivity contribution in [2.24, 2.45) is 0 Å². The number of carbonyl (C=O) groups is 2. The van der Waals surface area contributed by atoms with E-state index in [1.807, 2.05) is 48.5 Å². The van der Waals surface area contributed by atoms with E-state index in [0.29, 0.717) is 12.2 Å². The highest BCUT2D eigenvalue weighted by Crippen LogP contribution is 2.21. The summed E-state index contributed by atoms with van der Waals surface area (Å²) in [7, 11) is 1.68. The van der Waals surface area contributed by atoms with Gasteiger partial charge >= 0.3 is 5.97 Å². The highest BCUT2D eigenvalue weighted by atomic mass is 32.1. The SMILES string of the molecule is CN(Cc1ccccc1)C(=O)COC(=O)Cc1csc(-c2ccccn2)n1. The van der Waals surface area contributed by atoms with E-state index in [2.05, 4.69) is 9.97 Å². The van der Waals surface area contributed by atoms with Gasteiger partial charge in [-0.3, -0.25) is 14.6 Å². The molecule has 0 aliphatic rings. The van der Waals surface area contributed by atoms with Crippen LogP contribution in [0.1, 0.15) is 11.3 Å². The van der Waals surface area contributed by atoms with Crippen molar-refractivity contribution in [1.29, 1.82) is 0 Å². The fourth-order valence-electron chi connectivity index (χ4n) is 2.39. The van der Waals surface area contributed by atoms with Crippen LogP contribution in [-0.4, -0.2) is 40.4 Å². The normalized spacial score (nSPS) is 10.4. The van der Waals surface area contributed by atoms with E-state index in [0.717, 1.165) is 16.3 Å². The number of nitrogens with zero attached hydrogens (tertiary/aromatic N) is 3. The quantitative estimate of drug-likeness (QED) is 0.589. The van der Waals surface area contributed by atoms with Gasteiger partial charge in [0.1, 0.15) is 5.01 Å². The number of esters is 1. The Labute approximate surface area is 161 Å². The third-order valence-corrected chi connectivity index (χ3v) is 4.72. The van der Waals surface area contributed by atoms with E-state index in [4.69, 9.17) is 4.74 Å². The molecular formula is C20H19N3O3S. The standard InChI is InChI=1S/C20H19N3O3S/c1-23(12-15-7-3-2-4-8-15)18(24)13-26-19(25)11-16-14-27-20(22-16)17-9-5-6-10-21-17/h2-10,14H,11-13H2,1H3. The zero-order valence-corrected chi connectivity index (χ0v) is 15.7. The van der Waals surface area contributed by atoms with Crippen molar-refractivity contribution in [3.8, 4) is 10.7 Å². The molecule has 0 aliphatic carbocycles. The molecule has 138 valence electrons. The molecule has 0 bridgehead atoms. The first kappa shape index (κ1) is 18.7. The first-order chi connectivity index (χ1) is 13.1. The van der Waals surface area contributed by atoms with Crippen LogP contribution in [0.2, 0.25) is 0 Å². The number of hydrogen-bond acceptors (Lipinski definition) is 6. The lowest BCUT2D eigenvalue weighted by Crippen LogP contribution is -2.31. The van der Waals surface area contributed by atoms with Crippen LogP contribution in [0.3, 0.4) is 0 Å². The minimum Gasteiger partial charge on any atom is -0.455 e. The van der Waals surface area contributed by atoms with E-state index in [9.17, 15) is 9.59 Å². The number of carbonyl (C=O) groups excluding carboxylic acids is 2. The Hall–Kier alpha value is -3.06. The number of thiazole rings is 1. The smallest absolute Gasteiger partial charge is 0.312 e. The number of benzene rings is 1. The molecule has 3 rings (SSSR count). The molecule has 6 nitrogen and oxygen atoms in total. The number of hydrogen-bond donors (Lipinski definition) is 0. The topological polar surface area (TPSA) is 72.4 Å². The molecule has 7 heteroatoms. The Morgan fingerprint density at radius 3 is 2.63 bits per heavy atom. The van der Waals surface area contributed by atoms with Gasteiger partial charge < -0.3 is 9.64 Å². The summed E-state index contributed by atoms with van der Waals surface area (Å²) in [5.41, 5.74) is 2.39. The van der Waals surface area contributed by atoms with Gasteiger partial charge in [-0.15, -0.1) is 11.3 Å². The number of ether oxygens (including phenoxy) is 1. The summed E-state index contributed by atoms with van der Waals surface area (Å²) in [6.45, 7) is 0.191. The fraction of sp³-hybridized carbons (Fsp3) is 0.200. The van der Waals surface area contributed by atoms with Crippen molar-refractivity contribution in [3.05, 3.63) is 71.4 Å². The van der Waals surface area contributed by atoms with Gasteiger partial charge in [0, 0.05) is 25.2 Å². The van der Waals surface area contributed by atoms with Crippen molar-refractivity contribution < 1.29 is 14.3 Å². The molecule has 27 heavy (non-hydrogen) atoms. The van der Waals surface area contributed by atoms with Crippen molar-refractivity contribution in [3.63, 3.8) is 0 Å². The zero-order chi connectivity index (χ0) is 19.1. The van der Waals surface area contributed by atoms with Crippen molar-refractivity contribution in [1.82, 2.24) is 14.9 Å². The van der Waals surface area contributed by atoms with Gasteiger partial charge in [0.2, 0.25) is 0 Å². The Morgan fingerprint density at radius 2 is 1.89 bits per heavy atom. The molecule has 0 fully saturated rings. The van der Waals surface area contributed by atoms with E-state index in [1.54, 1.807) is 18.6 Å². The summed E-state index contributed by atoms with van der Waals surface area (Å²) in [6.07, 6.45) is 1.72. The Kier molecular flexibility index (Phi) is 6.27. The second-order valence-corrected chi connectivity index (χ2v) is 6.79. The molecule has 0 saturated carbocycles. The molecule has 0 aliphatic heterocycles. The number of likely N-dealkylation sites (N-methyl/N-ethyl adjacent to an activating group) is 1. The lowest BCUT2D eigenvalue weighted by Gasteiger charge is -2.17. The van der Waals surface area contributed by atoms with Gasteiger partial charge in [-0.25, -0.2) is 4.98 Å². The van der Waals surface area contributed by atoms with Gasteiger partial charge in [-0.05, 0) is 17.7 Å². The van der Waals surface area contributed by atoms with Crippen LogP contribution in [-0.2, 0) is 27.3 Å². The average molecular weight is 381 g/mol. The van der Waals surface area contributed by atoms with Crippen LogP contribution in [0.15, 0.2) is 60.1 Å². The van der Waals surface area contributed by atoms with Gasteiger partial charge in [0.25, 0.3) is 5.91 Å². The molecule has 0 spiro atoms. The van der Waals surface area contributed by atoms with Crippen molar-refractivity contribution in [2.75, 3.05) is 13.7 Å². The number of rotatable bonds is 7. The van der Waals surface area contributed by atoms with Crippen molar-refractivity contribution in [2.45, 2.75) is 13.0 Å². The maximum atomic E-state index is 12.1. The zero-order valence-electron chi connectivity index (χ0n) is 14.9. The molecule has 0 radical (unpaired) electrons. The summed E-state index contributed by atoms with van der Waals surface area (Å²) in [4.78, 5) is 34.3. The molecule has 0 saturated heterocycles. The summed E-state index contributed by atoms with van der Waals surface area (Å²) in [6, 6.07) is 15.2. The van der Waals surface area contributed by atoms with Crippen molar-refractivity contribution >= 4 is 23.2 Å². The maximum Gasteiger partial charge on any atom is 0.312 e. The number of amides is 1. The first-order valence-corrected chi connectivity index (χ1v) is 9.29. The number of aromatic nitrogens is 2. The molecule has 0 unspecified atom stereocenters. The van der Waals surface area contributed by atoms with Gasteiger partial charge in [-0.2, -0.15) is 0 Å².